The molecule has 2 aromatic carbocycles. The second-order valence-electron chi connectivity index (χ2n) is 6.00. The number of benzene rings is 2. The first kappa shape index (κ1) is 24.1. The fraction of sp³-hybridized carbons (Fsp3) is 0.273. The summed E-state index contributed by atoms with van der Waals surface area (Å²) in [6.07, 6.45) is 0.468. The van der Waals surface area contributed by atoms with Gasteiger partial charge in [-0.3, -0.25) is 4.79 Å². The smallest absolute Gasteiger partial charge is 0.872 e. The van der Waals surface area contributed by atoms with Gasteiger partial charge in [0.1, 0.15) is 11.4 Å². The molecule has 1 atom stereocenters. The summed E-state index contributed by atoms with van der Waals surface area (Å²) in [6.45, 7) is 3.70. The molecular formula is C22H23NaO5. The molecule has 3 rings (SSSR count). The van der Waals surface area contributed by atoms with Crippen molar-refractivity contribution in [2.45, 2.75) is 32.6 Å². The fourth-order valence-electron chi connectivity index (χ4n) is 2.88. The molecule has 0 aliphatic rings. The Morgan fingerprint density at radius 1 is 1.07 bits per heavy atom. The van der Waals surface area contributed by atoms with E-state index >= 15 is 0 Å². The quantitative estimate of drug-likeness (QED) is 0.502. The SMILES string of the molecule is CCC(=O)CC(c1ccccc1)c1c([O-])c2ccccc2oc1=O.CCO.[Na+]. The number of Topliss-reactive ketones (excluding diaryl/α,β-unsaturated/α-hetero) is 1. The molecule has 0 bridgehead atoms. The standard InChI is InChI=1S/C20H18O4.C2H6O.Na/c1-2-14(21)12-16(13-8-4-3-5-9-13)18-19(22)15-10-6-7-11-17(15)24-20(18)23;1-2-3;/h3-11,16,22H,2,12H2,1H3;3H,2H2,1H3;/q;;+1/p-1. The van der Waals surface area contributed by atoms with Crippen LogP contribution in [-0.2, 0) is 4.79 Å². The van der Waals surface area contributed by atoms with Crippen molar-refractivity contribution >= 4 is 16.8 Å². The van der Waals surface area contributed by atoms with E-state index in [1.54, 1.807) is 38.1 Å². The van der Waals surface area contributed by atoms with Gasteiger partial charge in [-0.05, 0) is 18.6 Å². The minimum absolute atomic E-state index is 0. The van der Waals surface area contributed by atoms with Crippen molar-refractivity contribution in [2.75, 3.05) is 6.61 Å². The van der Waals surface area contributed by atoms with Gasteiger partial charge in [0, 0.05) is 36.3 Å². The third-order valence-corrected chi connectivity index (χ3v) is 4.18. The Morgan fingerprint density at radius 3 is 2.25 bits per heavy atom. The van der Waals surface area contributed by atoms with Gasteiger partial charge in [-0.1, -0.05) is 61.2 Å². The van der Waals surface area contributed by atoms with Crippen molar-refractivity contribution in [1.82, 2.24) is 0 Å². The monoisotopic (exact) mass is 390 g/mol. The average Bonchev–Trinajstić information content (AvgIpc) is 2.68. The van der Waals surface area contributed by atoms with Gasteiger partial charge in [-0.25, -0.2) is 4.79 Å². The normalized spacial score (nSPS) is 11.1. The molecule has 0 aliphatic carbocycles. The van der Waals surface area contributed by atoms with Crippen LogP contribution in [0.25, 0.3) is 11.0 Å². The summed E-state index contributed by atoms with van der Waals surface area (Å²) in [5.74, 6) is -0.956. The van der Waals surface area contributed by atoms with Crippen LogP contribution in [0, 0.1) is 0 Å². The van der Waals surface area contributed by atoms with E-state index in [1.807, 2.05) is 30.3 Å². The molecule has 0 aliphatic heterocycles. The number of hydrogen-bond donors (Lipinski definition) is 1. The molecule has 0 saturated carbocycles. The summed E-state index contributed by atoms with van der Waals surface area (Å²) in [5.41, 5.74) is 0.391. The summed E-state index contributed by atoms with van der Waals surface area (Å²) < 4.78 is 5.32. The molecule has 1 N–H and O–H groups in total. The third-order valence-electron chi connectivity index (χ3n) is 4.18. The van der Waals surface area contributed by atoms with Crippen LogP contribution in [0.3, 0.4) is 0 Å². The van der Waals surface area contributed by atoms with Crippen LogP contribution in [0.4, 0.5) is 0 Å². The maximum atomic E-state index is 12.9. The third kappa shape index (κ3) is 5.79. The first-order valence-corrected chi connectivity index (χ1v) is 8.93. The largest absolute Gasteiger partial charge is 1.00 e. The Kier molecular flexibility index (Phi) is 10.2. The summed E-state index contributed by atoms with van der Waals surface area (Å²) in [7, 11) is 0. The van der Waals surface area contributed by atoms with Gasteiger partial charge in [0.25, 0.3) is 0 Å². The molecule has 0 amide bonds. The minimum Gasteiger partial charge on any atom is -0.872 e. The van der Waals surface area contributed by atoms with Crippen molar-refractivity contribution in [3.05, 3.63) is 76.1 Å². The van der Waals surface area contributed by atoms with Gasteiger partial charge >= 0.3 is 35.2 Å². The van der Waals surface area contributed by atoms with Crippen LogP contribution >= 0.6 is 0 Å². The Balaban J connectivity index is 0.000000921. The summed E-state index contributed by atoms with van der Waals surface area (Å²) in [5, 5.41) is 20.8. The zero-order chi connectivity index (χ0) is 19.8. The fourth-order valence-corrected chi connectivity index (χ4v) is 2.88. The van der Waals surface area contributed by atoms with Gasteiger partial charge < -0.3 is 14.6 Å². The number of ketones is 1. The van der Waals surface area contributed by atoms with Crippen molar-refractivity contribution < 1.29 is 49.0 Å². The van der Waals surface area contributed by atoms with E-state index in [0.717, 1.165) is 5.56 Å². The van der Waals surface area contributed by atoms with Crippen LogP contribution in [0.2, 0.25) is 0 Å². The number of aliphatic hydroxyl groups excluding tert-OH is 1. The van der Waals surface area contributed by atoms with Gasteiger partial charge in [-0.2, -0.15) is 0 Å². The number of carbonyl (C=O) groups excluding carboxylic acids is 1. The van der Waals surface area contributed by atoms with E-state index in [4.69, 9.17) is 9.52 Å². The van der Waals surface area contributed by atoms with Gasteiger partial charge in [0.2, 0.25) is 0 Å². The molecule has 28 heavy (non-hydrogen) atoms. The van der Waals surface area contributed by atoms with E-state index in [2.05, 4.69) is 0 Å². The van der Waals surface area contributed by atoms with Crippen molar-refractivity contribution in [1.29, 1.82) is 0 Å². The van der Waals surface area contributed by atoms with E-state index in [9.17, 15) is 14.7 Å². The molecule has 3 aromatic rings. The van der Waals surface area contributed by atoms with Crippen molar-refractivity contribution in [3.8, 4) is 5.75 Å². The number of rotatable bonds is 5. The maximum Gasteiger partial charge on any atom is 1.00 e. The van der Waals surface area contributed by atoms with Gasteiger partial charge in [-0.15, -0.1) is 0 Å². The first-order valence-electron chi connectivity index (χ1n) is 8.93. The maximum absolute atomic E-state index is 12.9. The van der Waals surface area contributed by atoms with E-state index in [1.165, 1.54) is 0 Å². The molecule has 5 nitrogen and oxygen atoms in total. The zero-order valence-electron chi connectivity index (χ0n) is 16.5. The molecule has 1 aromatic heterocycles. The van der Waals surface area contributed by atoms with Gasteiger partial charge in [0.15, 0.2) is 0 Å². The van der Waals surface area contributed by atoms with Crippen LogP contribution in [0.1, 0.15) is 43.7 Å². The van der Waals surface area contributed by atoms with Crippen LogP contribution in [0.5, 0.6) is 5.75 Å². The Hall–Kier alpha value is -1.92. The second kappa shape index (κ2) is 11.8. The van der Waals surface area contributed by atoms with E-state index in [-0.39, 0.29) is 65.3 Å². The Morgan fingerprint density at radius 2 is 1.64 bits per heavy atom. The van der Waals surface area contributed by atoms with Crippen molar-refractivity contribution in [2.24, 2.45) is 0 Å². The number of fused-ring (bicyclic) bond motifs is 1. The van der Waals surface area contributed by atoms with E-state index in [0.29, 0.717) is 11.8 Å². The number of para-hydroxylation sites is 1. The first-order chi connectivity index (χ1) is 13.0. The zero-order valence-corrected chi connectivity index (χ0v) is 18.5. The average molecular weight is 390 g/mol. The molecule has 142 valence electrons. The van der Waals surface area contributed by atoms with Gasteiger partial charge in [0.05, 0.1) is 0 Å². The predicted octanol–water partition coefficient (Wildman–Crippen LogP) is 0.370. The molecule has 0 fully saturated rings. The summed E-state index contributed by atoms with van der Waals surface area (Å²) in [4.78, 5) is 24.5. The van der Waals surface area contributed by atoms with Crippen LogP contribution in [-0.4, -0.2) is 17.5 Å². The summed E-state index contributed by atoms with van der Waals surface area (Å²) in [6, 6.07) is 15.8. The van der Waals surface area contributed by atoms with Crippen LogP contribution in [0.15, 0.2) is 63.8 Å². The van der Waals surface area contributed by atoms with Crippen molar-refractivity contribution in [3.63, 3.8) is 0 Å². The molecular weight excluding hydrogens is 367 g/mol. The topological polar surface area (TPSA) is 90.6 Å². The predicted molar refractivity (Wildman–Crippen MR) is 103 cm³/mol. The number of hydrogen-bond acceptors (Lipinski definition) is 5. The Labute approximate surface area is 186 Å². The molecule has 1 heterocycles. The molecule has 6 heteroatoms. The van der Waals surface area contributed by atoms with Crippen LogP contribution < -0.4 is 40.3 Å². The summed E-state index contributed by atoms with van der Waals surface area (Å²) >= 11 is 0. The number of carbonyl (C=O) groups is 1. The second-order valence-corrected chi connectivity index (χ2v) is 6.00. The number of aliphatic hydroxyl groups is 1. The minimum atomic E-state index is -0.670. The molecule has 0 spiro atoms. The molecule has 0 radical (unpaired) electrons. The molecule has 0 saturated heterocycles. The molecule has 1 unspecified atom stereocenters. The van der Waals surface area contributed by atoms with E-state index < -0.39 is 11.5 Å². The Bertz CT molecular complexity index is 950.